The molecule has 1 saturated heterocycles. The minimum absolute atomic E-state index is 0.00127. The van der Waals surface area contributed by atoms with Gasteiger partial charge >= 0.3 is 0 Å². The number of hydrogen-bond acceptors (Lipinski definition) is 6. The fraction of sp³-hybridized carbons (Fsp3) is 0.474. The van der Waals surface area contributed by atoms with Gasteiger partial charge in [-0.05, 0) is 38.3 Å². The first-order chi connectivity index (χ1) is 15.1. The van der Waals surface area contributed by atoms with Crippen LogP contribution in [0.2, 0.25) is 10.2 Å². The third kappa shape index (κ3) is 5.40. The predicted molar refractivity (Wildman–Crippen MR) is 119 cm³/mol. The summed E-state index contributed by atoms with van der Waals surface area (Å²) in [7, 11) is -3.76. The minimum Gasteiger partial charge on any atom is -0.356 e. The Bertz CT molecular complexity index is 1100. The molecular weight excluding hydrogens is 481 g/mol. The average molecular weight is 504 g/mol. The Morgan fingerprint density at radius 1 is 1.25 bits per heavy atom. The number of nitrogens with zero attached hydrogens (tertiary/aromatic N) is 4. The van der Waals surface area contributed by atoms with Crippen molar-refractivity contribution in [2.24, 2.45) is 5.92 Å². The first-order valence-electron chi connectivity index (χ1n) is 10.0. The highest BCUT2D eigenvalue weighted by Crippen LogP contribution is 2.26. The molecule has 32 heavy (non-hydrogen) atoms. The number of nitrogens with one attached hydrogen (secondary N) is 1. The number of nitro groups is 1. The molecule has 13 heteroatoms. The summed E-state index contributed by atoms with van der Waals surface area (Å²) in [6, 6.07) is 4.79. The Morgan fingerprint density at radius 3 is 2.41 bits per heavy atom. The smallest absolute Gasteiger partial charge is 0.269 e. The summed E-state index contributed by atoms with van der Waals surface area (Å²) >= 11 is 12.1. The van der Waals surface area contributed by atoms with Crippen molar-refractivity contribution in [1.82, 2.24) is 19.4 Å². The maximum atomic E-state index is 12.8. The maximum absolute atomic E-state index is 12.8. The lowest BCUT2D eigenvalue weighted by atomic mass is 9.97. The second-order valence-corrected chi connectivity index (χ2v) is 10.2. The molecule has 0 atom stereocenters. The van der Waals surface area contributed by atoms with E-state index < -0.39 is 14.9 Å². The van der Waals surface area contributed by atoms with Crippen molar-refractivity contribution in [3.05, 3.63) is 50.2 Å². The van der Waals surface area contributed by atoms with Crippen molar-refractivity contribution >= 4 is 44.8 Å². The maximum Gasteiger partial charge on any atom is 0.269 e. The molecule has 1 aliphatic heterocycles. The Labute approximate surface area is 195 Å². The van der Waals surface area contributed by atoms with Gasteiger partial charge in [-0.1, -0.05) is 23.2 Å². The second-order valence-electron chi connectivity index (χ2n) is 7.49. The Balaban J connectivity index is 1.46. The number of halogens is 2. The van der Waals surface area contributed by atoms with Crippen molar-refractivity contribution < 1.29 is 18.1 Å². The molecule has 0 bridgehead atoms. The number of aryl methyl sites for hydroxylation is 2. The second kappa shape index (κ2) is 10.2. The number of carbonyl (C=O) groups excluding carboxylic acids is 1. The number of aromatic nitrogens is 2. The van der Waals surface area contributed by atoms with Crippen molar-refractivity contribution in [3.63, 3.8) is 0 Å². The molecule has 1 aromatic carbocycles. The van der Waals surface area contributed by atoms with Crippen LogP contribution in [0.4, 0.5) is 5.69 Å². The van der Waals surface area contributed by atoms with Gasteiger partial charge in [-0.25, -0.2) is 8.42 Å². The number of rotatable bonds is 8. The lowest BCUT2D eigenvalue weighted by Gasteiger charge is -2.30. The largest absolute Gasteiger partial charge is 0.356 e. The molecule has 1 aromatic heterocycles. The Morgan fingerprint density at radius 2 is 1.88 bits per heavy atom. The van der Waals surface area contributed by atoms with Crippen LogP contribution in [0.1, 0.15) is 25.0 Å². The highest BCUT2D eigenvalue weighted by atomic mass is 35.5. The van der Waals surface area contributed by atoms with Crippen molar-refractivity contribution in [3.8, 4) is 0 Å². The van der Waals surface area contributed by atoms with Gasteiger partial charge in [0.25, 0.3) is 5.69 Å². The van der Waals surface area contributed by atoms with E-state index in [1.165, 1.54) is 28.6 Å². The number of carbonyl (C=O) groups is 1. The predicted octanol–water partition coefficient (Wildman–Crippen LogP) is 3.01. The Kier molecular flexibility index (Phi) is 7.75. The van der Waals surface area contributed by atoms with Gasteiger partial charge in [0.1, 0.15) is 10.2 Å². The number of hydrogen-bond donors (Lipinski definition) is 1. The summed E-state index contributed by atoms with van der Waals surface area (Å²) in [6.07, 6.45) is 1.42. The van der Waals surface area contributed by atoms with E-state index in [4.69, 9.17) is 23.2 Å². The molecule has 1 amide bonds. The fourth-order valence-electron chi connectivity index (χ4n) is 3.51. The van der Waals surface area contributed by atoms with Crippen molar-refractivity contribution in [2.75, 3.05) is 19.6 Å². The van der Waals surface area contributed by atoms with Crippen LogP contribution in [0, 0.1) is 23.0 Å². The van der Waals surface area contributed by atoms with Gasteiger partial charge < -0.3 is 5.32 Å². The van der Waals surface area contributed by atoms with E-state index in [0.717, 1.165) is 0 Å². The Hall–Kier alpha value is -2.21. The molecule has 1 N–H and O–H groups in total. The van der Waals surface area contributed by atoms with Gasteiger partial charge in [0.2, 0.25) is 15.9 Å². The summed E-state index contributed by atoms with van der Waals surface area (Å²) in [6.45, 7) is 3.13. The van der Waals surface area contributed by atoms with Crippen LogP contribution < -0.4 is 5.32 Å². The monoisotopic (exact) mass is 503 g/mol. The normalized spacial score (nSPS) is 15.6. The first-order valence-corrected chi connectivity index (χ1v) is 12.2. The van der Waals surface area contributed by atoms with E-state index in [0.29, 0.717) is 48.2 Å². The van der Waals surface area contributed by atoms with E-state index in [1.807, 2.05) is 0 Å². The summed E-state index contributed by atoms with van der Waals surface area (Å²) < 4.78 is 28.4. The molecule has 174 valence electrons. The molecule has 1 aliphatic rings. The molecule has 0 spiro atoms. The highest BCUT2D eigenvalue weighted by Gasteiger charge is 2.32. The molecule has 0 saturated carbocycles. The summed E-state index contributed by atoms with van der Waals surface area (Å²) in [4.78, 5) is 22.6. The number of non-ortho nitro benzene ring substituents is 1. The van der Waals surface area contributed by atoms with Gasteiger partial charge in [0, 0.05) is 44.2 Å². The summed E-state index contributed by atoms with van der Waals surface area (Å²) in [5.74, 6) is -0.388. The van der Waals surface area contributed by atoms with E-state index in [9.17, 15) is 23.3 Å². The number of sulfonamides is 1. The molecule has 3 rings (SSSR count). The molecule has 2 heterocycles. The van der Waals surface area contributed by atoms with Crippen LogP contribution in [0.3, 0.4) is 0 Å². The topological polar surface area (TPSA) is 127 Å². The third-order valence-corrected chi connectivity index (χ3v) is 8.20. The van der Waals surface area contributed by atoms with Gasteiger partial charge in [-0.2, -0.15) is 9.40 Å². The molecule has 0 unspecified atom stereocenters. The van der Waals surface area contributed by atoms with E-state index in [-0.39, 0.29) is 35.5 Å². The SMILES string of the molecule is Cc1nn(CCCNC(=O)C2CCN(S(=O)(=O)c3ccc([N+](=O)[O-])cc3)CC2)c(Cl)c1Cl. The first kappa shape index (κ1) is 24.4. The van der Waals surface area contributed by atoms with Crippen molar-refractivity contribution in [2.45, 2.75) is 37.6 Å². The highest BCUT2D eigenvalue weighted by molar-refractivity contribution is 7.89. The average Bonchev–Trinajstić information content (AvgIpc) is 3.03. The van der Waals surface area contributed by atoms with Gasteiger partial charge in [-0.15, -0.1) is 0 Å². The molecule has 0 aliphatic carbocycles. The van der Waals surface area contributed by atoms with Crippen LogP contribution in [0.15, 0.2) is 29.2 Å². The zero-order valence-corrected chi connectivity index (χ0v) is 19.7. The van der Waals surface area contributed by atoms with E-state index in [1.54, 1.807) is 11.6 Å². The molecular formula is C19H23Cl2N5O5S. The van der Waals surface area contributed by atoms with Crippen LogP contribution >= 0.6 is 23.2 Å². The van der Waals surface area contributed by atoms with Crippen LogP contribution in [-0.2, 0) is 21.4 Å². The lowest BCUT2D eigenvalue weighted by Crippen LogP contribution is -2.43. The summed E-state index contributed by atoms with van der Waals surface area (Å²) in [5.41, 5.74) is 0.475. The van der Waals surface area contributed by atoms with Crippen LogP contribution in [0.25, 0.3) is 0 Å². The van der Waals surface area contributed by atoms with Gasteiger partial charge in [0.05, 0.1) is 15.5 Å². The molecule has 0 radical (unpaired) electrons. The van der Waals surface area contributed by atoms with Gasteiger partial charge in [-0.3, -0.25) is 19.6 Å². The van der Waals surface area contributed by atoms with Gasteiger partial charge in [0.15, 0.2) is 0 Å². The third-order valence-electron chi connectivity index (χ3n) is 5.35. The number of amides is 1. The fourth-order valence-corrected chi connectivity index (χ4v) is 5.38. The lowest BCUT2D eigenvalue weighted by molar-refractivity contribution is -0.384. The zero-order chi connectivity index (χ0) is 23.5. The number of benzene rings is 1. The van der Waals surface area contributed by atoms with Crippen LogP contribution in [-0.4, -0.2) is 53.0 Å². The number of piperidine rings is 1. The quantitative estimate of drug-likeness (QED) is 0.335. The zero-order valence-electron chi connectivity index (χ0n) is 17.3. The molecule has 10 nitrogen and oxygen atoms in total. The van der Waals surface area contributed by atoms with Crippen LogP contribution in [0.5, 0.6) is 0 Å². The minimum atomic E-state index is -3.76. The summed E-state index contributed by atoms with van der Waals surface area (Å²) in [5, 5.41) is 18.7. The standard InChI is InChI=1S/C19H23Cl2N5O5S/c1-13-17(20)18(21)25(23-13)10-2-9-22-19(27)14-7-11-24(12-8-14)32(30,31)16-5-3-15(4-6-16)26(28)29/h3-6,14H,2,7-12H2,1H3,(H,22,27). The van der Waals surface area contributed by atoms with E-state index >= 15 is 0 Å². The van der Waals surface area contributed by atoms with E-state index in [2.05, 4.69) is 10.4 Å². The van der Waals surface area contributed by atoms with Crippen molar-refractivity contribution in [1.29, 1.82) is 0 Å². The number of nitro benzene ring substituents is 1. The molecule has 2 aromatic rings. The molecule has 1 fully saturated rings.